The lowest BCUT2D eigenvalue weighted by Crippen LogP contribution is -2.32. The molecule has 0 saturated heterocycles. The van der Waals surface area contributed by atoms with Gasteiger partial charge in [-0.15, -0.1) is 0 Å². The van der Waals surface area contributed by atoms with Crippen molar-refractivity contribution in [2.24, 2.45) is 8.62 Å². The van der Waals surface area contributed by atoms with Crippen LogP contribution < -0.4 is 0 Å². The van der Waals surface area contributed by atoms with E-state index in [-0.39, 0.29) is 5.41 Å². The molecule has 0 aliphatic heterocycles. The van der Waals surface area contributed by atoms with Gasteiger partial charge in [-0.05, 0) is 6.92 Å². The van der Waals surface area contributed by atoms with Crippen molar-refractivity contribution in [3.8, 4) is 0 Å². The summed E-state index contributed by atoms with van der Waals surface area (Å²) < 4.78 is 6.38. The van der Waals surface area contributed by atoms with E-state index in [0.717, 1.165) is 12.4 Å². The highest BCUT2D eigenvalue weighted by atomic mass is 127. The number of rotatable bonds is 1. The summed E-state index contributed by atoms with van der Waals surface area (Å²) >= 11 is 4.35. The van der Waals surface area contributed by atoms with Gasteiger partial charge in [0.15, 0.2) is 0 Å². The van der Waals surface area contributed by atoms with Gasteiger partial charge in [0.25, 0.3) is 0 Å². The number of hydrogen-bond acceptors (Lipinski definition) is 1. The van der Waals surface area contributed by atoms with Gasteiger partial charge in [0.2, 0.25) is 0 Å². The van der Waals surface area contributed by atoms with Gasteiger partial charge >= 0.3 is 0 Å². The van der Waals surface area contributed by atoms with Crippen LogP contribution in [0.1, 0.15) is 27.7 Å². The highest BCUT2D eigenvalue weighted by molar-refractivity contribution is 14.1. The van der Waals surface area contributed by atoms with Crippen molar-refractivity contribution in [2.45, 2.75) is 27.7 Å². The first-order chi connectivity index (χ1) is 4.93. The molecule has 0 aliphatic carbocycles. The van der Waals surface area contributed by atoms with Crippen LogP contribution in [0.2, 0.25) is 0 Å². The molecule has 0 radical (unpaired) electrons. The first kappa shape index (κ1) is 11.9. The van der Waals surface area contributed by atoms with Gasteiger partial charge in [-0.1, -0.05) is 20.8 Å². The number of amidine groups is 1. The molecule has 11 heavy (non-hydrogen) atoms. The average Bonchev–Trinajstić information content (AvgIpc) is 1.86. The summed E-state index contributed by atoms with van der Waals surface area (Å²) in [5, 5.41) is 0. The minimum Gasteiger partial charge on any atom is -0.302 e. The summed E-state index contributed by atoms with van der Waals surface area (Å²) in [6.45, 7) is 9.64. The van der Waals surface area contributed by atoms with Crippen molar-refractivity contribution in [1.82, 2.24) is 3.11 Å². The van der Waals surface area contributed by atoms with Crippen molar-refractivity contribution < 1.29 is 0 Å². The minimum atomic E-state index is 0.151. The summed E-state index contributed by atoms with van der Waals surface area (Å²) in [4.78, 5) is 0. The summed E-state index contributed by atoms with van der Waals surface area (Å²) in [6, 6.07) is 0. The third kappa shape index (κ3) is 3.91. The van der Waals surface area contributed by atoms with Gasteiger partial charge in [-0.2, -0.15) is 0 Å². The molecule has 0 N–H and O–H groups in total. The first-order valence-corrected chi connectivity index (χ1v) is 5.49. The zero-order valence-corrected chi connectivity index (χ0v) is 11.7. The first-order valence-electron chi connectivity index (χ1n) is 3.56. The van der Waals surface area contributed by atoms with E-state index in [1.807, 2.05) is 0 Å². The molecule has 0 bridgehead atoms. The Morgan fingerprint density at radius 3 is 2.00 bits per heavy atom. The Morgan fingerprint density at radius 2 is 1.91 bits per heavy atom. The predicted octanol–water partition coefficient (Wildman–Crippen LogP) is 3.45. The fourth-order valence-corrected chi connectivity index (χ4v) is 2.91. The summed E-state index contributed by atoms with van der Waals surface area (Å²) in [7, 11) is 0. The third-order valence-corrected chi connectivity index (χ3v) is 2.85. The molecule has 2 nitrogen and oxygen atoms in total. The molecule has 0 aromatic rings. The van der Waals surface area contributed by atoms with E-state index in [0.29, 0.717) is 0 Å². The highest BCUT2D eigenvalue weighted by Crippen LogP contribution is 2.22. The van der Waals surface area contributed by atoms with Gasteiger partial charge in [-0.3, -0.25) is 0 Å². The number of nitrogens with zero attached hydrogens (tertiary/aromatic N) is 2. The van der Waals surface area contributed by atoms with Crippen molar-refractivity contribution in [1.29, 1.82) is 0 Å². The second-order valence-corrected chi connectivity index (χ2v) is 4.98. The number of halogens is 2. The molecular formula is C7H14I2N2. The topological polar surface area (TPSA) is 15.6 Å². The molecule has 66 valence electrons. The van der Waals surface area contributed by atoms with E-state index >= 15 is 0 Å². The largest absolute Gasteiger partial charge is 0.302 e. The average molecular weight is 380 g/mol. The van der Waals surface area contributed by atoms with Crippen LogP contribution in [-0.2, 0) is 0 Å². The fourth-order valence-electron chi connectivity index (χ4n) is 0.681. The van der Waals surface area contributed by atoms with Crippen molar-refractivity contribution in [3.63, 3.8) is 0 Å². The van der Waals surface area contributed by atoms with E-state index in [9.17, 15) is 0 Å². The van der Waals surface area contributed by atoms with Gasteiger partial charge in [0, 0.05) is 12.0 Å². The molecule has 0 fully saturated rings. The van der Waals surface area contributed by atoms with Crippen molar-refractivity contribution in [2.75, 3.05) is 6.54 Å². The Balaban J connectivity index is 4.44. The smallest absolute Gasteiger partial charge is 0.125 e. The summed E-state index contributed by atoms with van der Waals surface area (Å²) in [5.41, 5.74) is 0.151. The normalized spacial score (nSPS) is 13.5. The molecule has 0 unspecified atom stereocenters. The van der Waals surface area contributed by atoms with E-state index in [4.69, 9.17) is 0 Å². The molecule has 0 rings (SSSR count). The van der Waals surface area contributed by atoms with Crippen molar-refractivity contribution >= 4 is 51.6 Å². The fraction of sp³-hybridized carbons (Fsp3) is 0.857. The Hall–Kier alpha value is 0.930. The molecular weight excluding hydrogens is 366 g/mol. The Labute approximate surface area is 96.8 Å². The molecule has 0 saturated carbocycles. The Morgan fingerprint density at radius 1 is 1.45 bits per heavy atom. The molecule has 0 spiro atoms. The van der Waals surface area contributed by atoms with Crippen LogP contribution in [0.25, 0.3) is 0 Å². The highest BCUT2D eigenvalue weighted by Gasteiger charge is 2.22. The van der Waals surface area contributed by atoms with Gasteiger partial charge in [0.05, 0.1) is 45.7 Å². The van der Waals surface area contributed by atoms with Crippen LogP contribution in [0.15, 0.2) is 3.21 Å². The zero-order chi connectivity index (χ0) is 9.07. The van der Waals surface area contributed by atoms with Crippen LogP contribution in [0.5, 0.6) is 0 Å². The lowest BCUT2D eigenvalue weighted by atomic mass is 9.95. The summed E-state index contributed by atoms with van der Waals surface area (Å²) in [6.07, 6.45) is 0. The second-order valence-electron chi connectivity index (χ2n) is 3.34. The van der Waals surface area contributed by atoms with E-state index in [2.05, 4.69) is 79.7 Å². The van der Waals surface area contributed by atoms with Crippen LogP contribution in [0, 0.1) is 5.41 Å². The molecule has 0 heterocycles. The maximum absolute atomic E-state index is 4.24. The number of hydrogen-bond donors (Lipinski definition) is 0. The molecule has 0 amide bonds. The van der Waals surface area contributed by atoms with Gasteiger partial charge in [-0.25, -0.2) is 3.21 Å². The standard InChI is InChI=1S/C7H14I2N2/c1-5-11(9)6(10-8)7(2,3)4/h5H2,1-4H3/b10-6-. The van der Waals surface area contributed by atoms with Crippen LogP contribution in [0.3, 0.4) is 0 Å². The maximum atomic E-state index is 4.24. The summed E-state index contributed by atoms with van der Waals surface area (Å²) in [5.74, 6) is 1.14. The van der Waals surface area contributed by atoms with Crippen LogP contribution >= 0.6 is 45.7 Å². The lowest BCUT2D eigenvalue weighted by Gasteiger charge is -2.26. The lowest BCUT2D eigenvalue weighted by molar-refractivity contribution is 0.534. The quantitative estimate of drug-likeness (QED) is 0.295. The molecule has 0 aliphatic rings. The molecule has 0 atom stereocenters. The van der Waals surface area contributed by atoms with Crippen molar-refractivity contribution in [3.05, 3.63) is 0 Å². The van der Waals surface area contributed by atoms with Crippen LogP contribution in [-0.4, -0.2) is 15.5 Å². The Kier molecular flexibility index (Phi) is 5.24. The van der Waals surface area contributed by atoms with Gasteiger partial charge < -0.3 is 3.11 Å². The minimum absolute atomic E-state index is 0.151. The van der Waals surface area contributed by atoms with Gasteiger partial charge in [0.1, 0.15) is 5.84 Å². The maximum Gasteiger partial charge on any atom is 0.125 e. The molecule has 0 aromatic heterocycles. The van der Waals surface area contributed by atoms with Crippen LogP contribution in [0.4, 0.5) is 0 Å². The van der Waals surface area contributed by atoms with E-state index in [1.165, 1.54) is 0 Å². The SMILES string of the molecule is CCN(I)/C(=N\I)C(C)(C)C. The zero-order valence-electron chi connectivity index (χ0n) is 7.36. The Bertz CT molecular complexity index is 149. The monoisotopic (exact) mass is 380 g/mol. The second kappa shape index (κ2) is 4.84. The van der Waals surface area contributed by atoms with E-state index in [1.54, 1.807) is 0 Å². The predicted molar refractivity (Wildman–Crippen MR) is 67.3 cm³/mol. The third-order valence-electron chi connectivity index (χ3n) is 1.26. The molecule has 0 aromatic carbocycles. The van der Waals surface area contributed by atoms with E-state index < -0.39 is 0 Å². The molecule has 4 heteroatoms.